The lowest BCUT2D eigenvalue weighted by atomic mass is 9.46. The quantitative estimate of drug-likeness (QED) is 0.693. The number of allylic oxidation sites excluding steroid dienone is 4. The summed E-state index contributed by atoms with van der Waals surface area (Å²) in [5.74, 6) is -2.28. The van der Waals surface area contributed by atoms with Gasteiger partial charge in [0.15, 0.2) is 23.0 Å². The molecule has 9 atom stereocenters. The summed E-state index contributed by atoms with van der Waals surface area (Å²) in [6, 6.07) is 0. The Balaban J connectivity index is 1.62. The maximum atomic E-state index is 15.4. The Morgan fingerprint density at radius 1 is 1.26 bits per heavy atom. The zero-order chi connectivity index (χ0) is 22.6. The second kappa shape index (κ2) is 6.34. The lowest BCUT2D eigenvalue weighted by Crippen LogP contribution is -2.64. The lowest BCUT2D eigenvalue weighted by molar-refractivity contribution is -0.226. The van der Waals surface area contributed by atoms with Crippen LogP contribution in [0.4, 0.5) is 4.39 Å². The largest absolute Gasteiger partial charge is 0.393 e. The van der Waals surface area contributed by atoms with Crippen LogP contribution in [0, 0.1) is 28.6 Å². The van der Waals surface area contributed by atoms with Crippen LogP contribution in [-0.2, 0) is 19.1 Å². The maximum Gasteiger partial charge on any atom is 0.193 e. The highest BCUT2D eigenvalue weighted by atomic mass is 19.1. The molecule has 7 heteroatoms. The van der Waals surface area contributed by atoms with Gasteiger partial charge in [-0.3, -0.25) is 9.59 Å². The standard InChI is InChI=1S/C24H31FO6/c1-21(2)30-19-9-14-13-8-16(25)15-7-12(27)5-6-22(15,3)20(13)17(28)10-23(14,4)24(19,31-21)18(29)11-26/h5-7,13-14,16-17,19-20,26,28H,8-11H2,1-4H3/t13?,14?,16-,17-,19+,20?,22-,23-,24+/m0/s1. The van der Waals surface area contributed by atoms with Crippen molar-refractivity contribution in [1.82, 2.24) is 0 Å². The normalized spacial score (nSPS) is 52.1. The Labute approximate surface area is 181 Å². The Morgan fingerprint density at radius 3 is 2.65 bits per heavy atom. The molecule has 0 amide bonds. The fourth-order valence-corrected chi connectivity index (χ4v) is 8.05. The molecule has 3 unspecified atom stereocenters. The molecule has 31 heavy (non-hydrogen) atoms. The summed E-state index contributed by atoms with van der Waals surface area (Å²) in [5, 5.41) is 21.3. The minimum atomic E-state index is -1.37. The summed E-state index contributed by atoms with van der Waals surface area (Å²) in [5.41, 5.74) is -2.50. The van der Waals surface area contributed by atoms with Crippen molar-refractivity contribution in [2.45, 2.75) is 76.7 Å². The number of alkyl halides is 1. The molecule has 0 spiro atoms. The predicted molar refractivity (Wildman–Crippen MR) is 109 cm³/mol. The molecule has 0 aromatic rings. The Hall–Kier alpha value is -1.41. The average Bonchev–Trinajstić information content (AvgIpc) is 3.08. The van der Waals surface area contributed by atoms with E-state index < -0.39 is 53.0 Å². The molecular formula is C24H31FO6. The molecule has 0 bridgehead atoms. The molecule has 4 aliphatic carbocycles. The van der Waals surface area contributed by atoms with Crippen LogP contribution in [0.5, 0.6) is 0 Å². The SMILES string of the molecule is CC1(C)O[C@@H]2CC3C4C[C@H](F)C5=CC(=O)C=C[C@]5(C)C4[C@@H](O)C[C@]3(C)[C@]2(C(=O)CO)O1. The van der Waals surface area contributed by atoms with Crippen molar-refractivity contribution in [3.63, 3.8) is 0 Å². The van der Waals surface area contributed by atoms with Gasteiger partial charge in [0.05, 0.1) is 12.2 Å². The van der Waals surface area contributed by atoms with Gasteiger partial charge in [-0.1, -0.05) is 19.9 Å². The van der Waals surface area contributed by atoms with Crippen molar-refractivity contribution in [2.75, 3.05) is 6.61 Å². The van der Waals surface area contributed by atoms with E-state index in [9.17, 15) is 19.8 Å². The van der Waals surface area contributed by atoms with Crippen molar-refractivity contribution in [1.29, 1.82) is 0 Å². The van der Waals surface area contributed by atoms with Gasteiger partial charge in [-0.25, -0.2) is 4.39 Å². The number of Topliss-reactive ketones (excluding diaryl/α,β-unsaturated/α-hetero) is 1. The van der Waals surface area contributed by atoms with Gasteiger partial charge in [-0.05, 0) is 62.7 Å². The lowest BCUT2D eigenvalue weighted by Gasteiger charge is -2.60. The molecule has 3 saturated carbocycles. The molecule has 170 valence electrons. The smallest absolute Gasteiger partial charge is 0.193 e. The number of halogens is 1. The first-order valence-electron chi connectivity index (χ1n) is 11.2. The highest BCUT2D eigenvalue weighted by Gasteiger charge is 2.77. The van der Waals surface area contributed by atoms with Gasteiger partial charge >= 0.3 is 0 Å². The third-order valence-corrected chi connectivity index (χ3v) is 9.03. The zero-order valence-corrected chi connectivity index (χ0v) is 18.4. The molecule has 1 heterocycles. The van der Waals surface area contributed by atoms with E-state index in [4.69, 9.17) is 9.47 Å². The van der Waals surface area contributed by atoms with Gasteiger partial charge < -0.3 is 19.7 Å². The average molecular weight is 435 g/mol. The second-order valence-electron chi connectivity index (χ2n) is 11.0. The van der Waals surface area contributed by atoms with Gasteiger partial charge in [0.25, 0.3) is 0 Å². The van der Waals surface area contributed by atoms with Crippen LogP contribution in [0.25, 0.3) is 0 Å². The zero-order valence-electron chi connectivity index (χ0n) is 18.4. The minimum absolute atomic E-state index is 0.125. The monoisotopic (exact) mass is 434 g/mol. The number of rotatable bonds is 2. The minimum Gasteiger partial charge on any atom is -0.393 e. The van der Waals surface area contributed by atoms with Crippen molar-refractivity contribution in [2.24, 2.45) is 28.6 Å². The van der Waals surface area contributed by atoms with E-state index in [1.54, 1.807) is 19.9 Å². The number of ketones is 2. The summed E-state index contributed by atoms with van der Waals surface area (Å²) in [4.78, 5) is 25.1. The highest BCUT2D eigenvalue weighted by Crippen LogP contribution is 2.70. The summed E-state index contributed by atoms with van der Waals surface area (Å²) in [7, 11) is 0. The summed E-state index contributed by atoms with van der Waals surface area (Å²) >= 11 is 0. The molecule has 2 N–H and O–H groups in total. The predicted octanol–water partition coefficient (Wildman–Crippen LogP) is 2.27. The Bertz CT molecular complexity index is 910. The van der Waals surface area contributed by atoms with Crippen LogP contribution < -0.4 is 0 Å². The number of carbonyl (C=O) groups excluding carboxylic acids is 2. The van der Waals surface area contributed by atoms with Crippen molar-refractivity contribution in [3.8, 4) is 0 Å². The molecule has 5 rings (SSSR count). The van der Waals surface area contributed by atoms with Crippen LogP contribution in [0.2, 0.25) is 0 Å². The van der Waals surface area contributed by atoms with Crippen LogP contribution in [-0.4, -0.2) is 58.2 Å². The Morgan fingerprint density at radius 2 is 1.97 bits per heavy atom. The number of aliphatic hydroxyl groups excluding tert-OH is 2. The molecule has 0 aromatic heterocycles. The van der Waals surface area contributed by atoms with Crippen molar-refractivity contribution < 1.29 is 33.7 Å². The van der Waals surface area contributed by atoms with Crippen LogP contribution in [0.3, 0.4) is 0 Å². The van der Waals surface area contributed by atoms with E-state index in [0.717, 1.165) is 0 Å². The topological polar surface area (TPSA) is 93.1 Å². The molecule has 4 fully saturated rings. The number of aliphatic hydroxyl groups is 2. The van der Waals surface area contributed by atoms with E-state index in [1.807, 2.05) is 13.8 Å². The molecule has 6 nitrogen and oxygen atoms in total. The number of hydrogen-bond donors (Lipinski definition) is 2. The molecule has 0 aromatic carbocycles. The van der Waals surface area contributed by atoms with Crippen LogP contribution in [0.1, 0.15) is 47.0 Å². The first-order valence-corrected chi connectivity index (χ1v) is 11.2. The first-order chi connectivity index (χ1) is 14.4. The van der Waals surface area contributed by atoms with E-state index in [0.29, 0.717) is 12.0 Å². The van der Waals surface area contributed by atoms with E-state index in [-0.39, 0.29) is 36.4 Å². The molecule has 0 radical (unpaired) electrons. The van der Waals surface area contributed by atoms with Gasteiger partial charge in [0.1, 0.15) is 12.8 Å². The molecule has 1 aliphatic heterocycles. The highest BCUT2D eigenvalue weighted by molar-refractivity contribution is 6.01. The molecule has 1 saturated heterocycles. The first kappa shape index (κ1) is 21.4. The van der Waals surface area contributed by atoms with Gasteiger partial charge in [-0.15, -0.1) is 0 Å². The summed E-state index contributed by atoms with van der Waals surface area (Å²) in [6.45, 7) is 6.65. The maximum absolute atomic E-state index is 15.4. The second-order valence-corrected chi connectivity index (χ2v) is 11.0. The van der Waals surface area contributed by atoms with Crippen molar-refractivity contribution >= 4 is 11.6 Å². The van der Waals surface area contributed by atoms with E-state index in [1.165, 1.54) is 12.2 Å². The fourth-order valence-electron chi connectivity index (χ4n) is 8.05. The summed E-state index contributed by atoms with van der Waals surface area (Å²) < 4.78 is 27.9. The molecule has 5 aliphatic rings. The summed E-state index contributed by atoms with van der Waals surface area (Å²) in [6.07, 6.45) is 2.90. The number of ether oxygens (including phenoxy) is 2. The number of hydrogen-bond acceptors (Lipinski definition) is 6. The third kappa shape index (κ3) is 2.52. The number of fused-ring (bicyclic) bond motifs is 7. The van der Waals surface area contributed by atoms with Gasteiger partial charge in [-0.2, -0.15) is 0 Å². The van der Waals surface area contributed by atoms with Crippen LogP contribution >= 0.6 is 0 Å². The van der Waals surface area contributed by atoms with E-state index in [2.05, 4.69) is 0 Å². The van der Waals surface area contributed by atoms with Crippen LogP contribution in [0.15, 0.2) is 23.8 Å². The van der Waals surface area contributed by atoms with E-state index >= 15 is 4.39 Å². The van der Waals surface area contributed by atoms with Gasteiger partial charge in [0.2, 0.25) is 0 Å². The number of carbonyl (C=O) groups is 2. The fraction of sp³-hybridized carbons (Fsp3) is 0.750. The van der Waals surface area contributed by atoms with Gasteiger partial charge in [0, 0.05) is 16.7 Å². The Kier molecular flexibility index (Phi) is 4.38. The third-order valence-electron chi connectivity index (χ3n) is 9.03. The van der Waals surface area contributed by atoms with Crippen molar-refractivity contribution in [3.05, 3.63) is 23.8 Å². The molecular weight excluding hydrogens is 403 g/mol.